The first-order chi connectivity index (χ1) is 12.2. The fraction of sp³-hybridized carbons (Fsp3) is 0.318. The van der Waals surface area contributed by atoms with Gasteiger partial charge in [-0.25, -0.2) is 0 Å². The maximum atomic E-state index is 10.2. The number of fused-ring (bicyclic) bond motifs is 1. The van der Waals surface area contributed by atoms with Crippen LogP contribution in [-0.4, -0.2) is 16.1 Å². The molecule has 4 heteroatoms. The minimum atomic E-state index is -0.359. The van der Waals surface area contributed by atoms with Crippen molar-refractivity contribution >= 4 is 23.2 Å². The predicted octanol–water partition coefficient (Wildman–Crippen LogP) is 5.04. The van der Waals surface area contributed by atoms with E-state index in [1.807, 2.05) is 48.8 Å². The largest absolute Gasteiger partial charge is 0.388 e. The number of halogens is 1. The second kappa shape index (κ2) is 10.3. The Morgan fingerprint density at radius 1 is 1.00 bits per heavy atom. The van der Waals surface area contributed by atoms with E-state index < -0.39 is 0 Å². The highest BCUT2D eigenvalue weighted by Crippen LogP contribution is 2.19. The summed E-state index contributed by atoms with van der Waals surface area (Å²) >= 11 is 0. The van der Waals surface area contributed by atoms with Crippen molar-refractivity contribution in [1.29, 1.82) is 0 Å². The van der Waals surface area contributed by atoms with Crippen molar-refractivity contribution in [3.8, 4) is 0 Å². The first-order valence-electron chi connectivity index (χ1n) is 9.01. The molecular formula is C22H27ClN2O. The van der Waals surface area contributed by atoms with Crippen molar-refractivity contribution in [2.24, 2.45) is 0 Å². The monoisotopic (exact) mass is 370 g/mol. The molecule has 2 N–H and O–H groups in total. The Morgan fingerprint density at radius 3 is 2.62 bits per heavy atom. The van der Waals surface area contributed by atoms with Crippen LogP contribution in [-0.2, 0) is 6.54 Å². The standard InChI is InChI=1S/C22H26N2O.ClH/c1-17(6-5-9-22(25)19-7-3-2-4-8-19)24-15-18-10-11-21-16-23-13-12-20(21)14-18;/h2-4,7-8,10-14,16-17,22,24-25H,5-6,9,15H2,1H3;1H/t17-,22+;/m1./s1. The molecule has 0 spiro atoms. The first kappa shape index (κ1) is 20.4. The molecule has 0 bridgehead atoms. The van der Waals surface area contributed by atoms with Gasteiger partial charge in [-0.1, -0.05) is 42.5 Å². The van der Waals surface area contributed by atoms with E-state index in [-0.39, 0.29) is 18.5 Å². The molecule has 0 amide bonds. The smallest absolute Gasteiger partial charge is 0.0790 e. The van der Waals surface area contributed by atoms with Gasteiger partial charge in [0.15, 0.2) is 0 Å². The minimum Gasteiger partial charge on any atom is -0.388 e. The summed E-state index contributed by atoms with van der Waals surface area (Å²) in [4.78, 5) is 4.15. The van der Waals surface area contributed by atoms with Crippen molar-refractivity contribution in [1.82, 2.24) is 10.3 Å². The second-order valence-corrected chi connectivity index (χ2v) is 6.70. The lowest BCUT2D eigenvalue weighted by Gasteiger charge is -2.16. The Balaban J connectivity index is 0.00000243. The number of hydrogen-bond acceptors (Lipinski definition) is 3. The average molecular weight is 371 g/mol. The van der Waals surface area contributed by atoms with Crippen LogP contribution in [0.1, 0.15) is 43.4 Å². The molecule has 0 aliphatic rings. The summed E-state index contributed by atoms with van der Waals surface area (Å²) in [5, 5.41) is 16.2. The van der Waals surface area contributed by atoms with E-state index in [9.17, 15) is 5.11 Å². The van der Waals surface area contributed by atoms with Gasteiger partial charge in [0.05, 0.1) is 6.10 Å². The van der Waals surface area contributed by atoms with Crippen LogP contribution in [0.15, 0.2) is 67.0 Å². The molecule has 0 saturated carbocycles. The Morgan fingerprint density at radius 2 is 1.81 bits per heavy atom. The van der Waals surface area contributed by atoms with Gasteiger partial charge in [-0.2, -0.15) is 0 Å². The van der Waals surface area contributed by atoms with Crippen LogP contribution in [0.2, 0.25) is 0 Å². The van der Waals surface area contributed by atoms with Crippen molar-refractivity contribution in [2.75, 3.05) is 0 Å². The van der Waals surface area contributed by atoms with Gasteiger partial charge in [0.25, 0.3) is 0 Å². The molecule has 0 saturated heterocycles. The van der Waals surface area contributed by atoms with Gasteiger partial charge in [-0.05, 0) is 54.8 Å². The molecule has 0 aliphatic heterocycles. The third kappa shape index (κ3) is 5.80. The van der Waals surface area contributed by atoms with Crippen LogP contribution >= 0.6 is 12.4 Å². The molecule has 3 rings (SSSR count). The van der Waals surface area contributed by atoms with Crippen molar-refractivity contribution < 1.29 is 5.11 Å². The van der Waals surface area contributed by atoms with Crippen molar-refractivity contribution in [3.63, 3.8) is 0 Å². The summed E-state index contributed by atoms with van der Waals surface area (Å²) in [6, 6.07) is 18.9. The molecule has 1 heterocycles. The SMILES string of the molecule is C[C@H](CCC[C@H](O)c1ccccc1)NCc1ccc2cnccc2c1.Cl. The molecule has 0 aliphatic carbocycles. The fourth-order valence-corrected chi connectivity index (χ4v) is 3.10. The van der Waals surface area contributed by atoms with Crippen molar-refractivity contribution in [2.45, 2.75) is 44.9 Å². The van der Waals surface area contributed by atoms with Gasteiger partial charge in [-0.3, -0.25) is 4.98 Å². The lowest BCUT2D eigenvalue weighted by atomic mass is 10.0. The Labute approximate surface area is 161 Å². The van der Waals surface area contributed by atoms with Gasteiger partial charge in [0.2, 0.25) is 0 Å². The molecule has 0 unspecified atom stereocenters. The number of aromatic nitrogens is 1. The van der Waals surface area contributed by atoms with Crippen LogP contribution in [0.5, 0.6) is 0 Å². The molecule has 2 aromatic carbocycles. The average Bonchev–Trinajstić information content (AvgIpc) is 2.67. The molecule has 0 radical (unpaired) electrons. The Bertz CT molecular complexity index is 794. The third-order valence-corrected chi connectivity index (χ3v) is 4.66. The van der Waals surface area contributed by atoms with E-state index >= 15 is 0 Å². The van der Waals surface area contributed by atoms with Gasteiger partial charge in [0, 0.05) is 30.4 Å². The summed E-state index contributed by atoms with van der Waals surface area (Å²) in [6.45, 7) is 3.07. The number of rotatable bonds is 8. The maximum Gasteiger partial charge on any atom is 0.0790 e. The highest BCUT2D eigenvalue weighted by molar-refractivity contribution is 5.85. The normalized spacial score (nSPS) is 13.2. The predicted molar refractivity (Wildman–Crippen MR) is 111 cm³/mol. The quantitative estimate of drug-likeness (QED) is 0.584. The van der Waals surface area contributed by atoms with Crippen LogP contribution in [0.4, 0.5) is 0 Å². The summed E-state index contributed by atoms with van der Waals surface area (Å²) in [6.07, 6.45) is 6.24. The molecule has 138 valence electrons. The summed E-state index contributed by atoms with van der Waals surface area (Å²) in [5.41, 5.74) is 2.30. The zero-order chi connectivity index (χ0) is 17.5. The number of benzene rings is 2. The van der Waals surface area contributed by atoms with E-state index in [1.165, 1.54) is 16.3 Å². The maximum absolute atomic E-state index is 10.2. The van der Waals surface area contributed by atoms with Crippen LogP contribution < -0.4 is 5.32 Å². The summed E-state index contributed by atoms with van der Waals surface area (Å²) < 4.78 is 0. The van der Waals surface area contributed by atoms with Gasteiger partial charge < -0.3 is 10.4 Å². The Hall–Kier alpha value is -1.94. The number of nitrogens with zero attached hydrogens (tertiary/aromatic N) is 1. The summed E-state index contributed by atoms with van der Waals surface area (Å²) in [5.74, 6) is 0. The van der Waals surface area contributed by atoms with Crippen LogP contribution in [0.25, 0.3) is 10.8 Å². The minimum absolute atomic E-state index is 0. The Kier molecular flexibility index (Phi) is 8.05. The third-order valence-electron chi connectivity index (χ3n) is 4.66. The van der Waals surface area contributed by atoms with Gasteiger partial charge in [-0.15, -0.1) is 12.4 Å². The first-order valence-corrected chi connectivity index (χ1v) is 9.01. The summed E-state index contributed by atoms with van der Waals surface area (Å²) in [7, 11) is 0. The highest BCUT2D eigenvalue weighted by Gasteiger charge is 2.08. The number of nitrogens with one attached hydrogen (secondary N) is 1. The number of aliphatic hydroxyl groups is 1. The number of hydrogen-bond donors (Lipinski definition) is 2. The fourth-order valence-electron chi connectivity index (χ4n) is 3.10. The molecule has 3 aromatic rings. The lowest BCUT2D eigenvalue weighted by Crippen LogP contribution is -2.25. The van der Waals surface area contributed by atoms with Crippen LogP contribution in [0.3, 0.4) is 0 Å². The molecule has 2 atom stereocenters. The second-order valence-electron chi connectivity index (χ2n) is 6.70. The molecule has 26 heavy (non-hydrogen) atoms. The molecule has 0 fully saturated rings. The number of aliphatic hydroxyl groups excluding tert-OH is 1. The van der Waals surface area contributed by atoms with E-state index in [4.69, 9.17) is 0 Å². The zero-order valence-corrected chi connectivity index (χ0v) is 16.0. The van der Waals surface area contributed by atoms with Gasteiger partial charge in [0.1, 0.15) is 0 Å². The van der Waals surface area contributed by atoms with Gasteiger partial charge >= 0.3 is 0 Å². The highest BCUT2D eigenvalue weighted by atomic mass is 35.5. The molecule has 3 nitrogen and oxygen atoms in total. The molecular weight excluding hydrogens is 344 g/mol. The zero-order valence-electron chi connectivity index (χ0n) is 15.1. The molecule has 1 aromatic heterocycles. The van der Waals surface area contributed by atoms with E-state index in [1.54, 1.807) is 0 Å². The van der Waals surface area contributed by atoms with E-state index in [0.29, 0.717) is 6.04 Å². The van der Waals surface area contributed by atoms with E-state index in [0.717, 1.165) is 31.4 Å². The number of pyridine rings is 1. The van der Waals surface area contributed by atoms with Crippen LogP contribution in [0, 0.1) is 0 Å². The van der Waals surface area contributed by atoms with E-state index in [2.05, 4.69) is 35.4 Å². The topological polar surface area (TPSA) is 45.1 Å². The van der Waals surface area contributed by atoms with Crippen molar-refractivity contribution in [3.05, 3.63) is 78.1 Å². The lowest BCUT2D eigenvalue weighted by molar-refractivity contribution is 0.162.